The molecular formula is C70H137NO3. The Balaban J connectivity index is 3.38. The quantitative estimate of drug-likeness (QED) is 0.0420. The van der Waals surface area contributed by atoms with E-state index in [4.69, 9.17) is 0 Å². The summed E-state index contributed by atoms with van der Waals surface area (Å²) in [6.07, 6.45) is 89.5. The lowest BCUT2D eigenvalue weighted by molar-refractivity contribution is -0.123. The smallest absolute Gasteiger partial charge is 0.220 e. The molecule has 0 aromatic carbocycles. The first kappa shape index (κ1) is 72.9. The molecule has 4 heteroatoms. The topological polar surface area (TPSA) is 69.6 Å². The number of rotatable bonds is 65. The van der Waals surface area contributed by atoms with Crippen molar-refractivity contribution in [3.8, 4) is 0 Å². The van der Waals surface area contributed by atoms with Gasteiger partial charge in [-0.15, -0.1) is 0 Å². The highest BCUT2D eigenvalue weighted by molar-refractivity contribution is 5.76. The molecule has 0 aliphatic carbocycles. The Morgan fingerprint density at radius 3 is 0.811 bits per heavy atom. The maximum Gasteiger partial charge on any atom is 0.220 e. The Bertz CT molecular complexity index is 1090. The molecule has 0 saturated carbocycles. The fourth-order valence-electron chi connectivity index (χ4n) is 11.2. The summed E-state index contributed by atoms with van der Waals surface area (Å²) in [7, 11) is 0. The van der Waals surface area contributed by atoms with Gasteiger partial charge in [0.1, 0.15) is 0 Å². The highest BCUT2D eigenvalue weighted by Crippen LogP contribution is 2.19. The van der Waals surface area contributed by atoms with Crippen LogP contribution in [0.4, 0.5) is 0 Å². The molecule has 0 fully saturated rings. The van der Waals surface area contributed by atoms with Gasteiger partial charge in [0, 0.05) is 6.42 Å². The zero-order chi connectivity index (χ0) is 53.4. The number of aliphatic hydroxyl groups is 2. The van der Waals surface area contributed by atoms with E-state index in [1.54, 1.807) is 0 Å². The fourth-order valence-corrected chi connectivity index (χ4v) is 11.2. The Morgan fingerprint density at radius 2 is 0.554 bits per heavy atom. The van der Waals surface area contributed by atoms with E-state index >= 15 is 0 Å². The average molecular weight is 1040 g/mol. The van der Waals surface area contributed by atoms with Crippen LogP contribution < -0.4 is 5.32 Å². The molecular weight excluding hydrogens is 903 g/mol. The summed E-state index contributed by atoms with van der Waals surface area (Å²) in [6, 6.07) is -0.536. The Morgan fingerprint density at radius 1 is 0.324 bits per heavy atom. The summed E-state index contributed by atoms with van der Waals surface area (Å²) < 4.78 is 0. The number of unbranched alkanes of at least 4 members (excludes halogenated alkanes) is 54. The molecule has 0 saturated heterocycles. The first-order chi connectivity index (χ1) is 36.7. The van der Waals surface area contributed by atoms with Crippen LogP contribution in [0.15, 0.2) is 24.3 Å². The average Bonchev–Trinajstić information content (AvgIpc) is 3.40. The number of nitrogens with one attached hydrogen (secondary N) is 1. The molecule has 440 valence electrons. The number of carbonyl (C=O) groups excluding carboxylic acids is 1. The Labute approximate surface area is 466 Å². The van der Waals surface area contributed by atoms with E-state index in [0.29, 0.717) is 12.8 Å². The van der Waals surface area contributed by atoms with Gasteiger partial charge in [0.25, 0.3) is 0 Å². The molecule has 3 N–H and O–H groups in total. The third-order valence-corrected chi connectivity index (χ3v) is 16.5. The van der Waals surface area contributed by atoms with Crippen molar-refractivity contribution in [1.29, 1.82) is 0 Å². The third kappa shape index (κ3) is 61.7. The van der Waals surface area contributed by atoms with E-state index in [2.05, 4.69) is 43.5 Å². The summed E-state index contributed by atoms with van der Waals surface area (Å²) in [5.41, 5.74) is 0. The lowest BCUT2D eigenvalue weighted by atomic mass is 10.0. The van der Waals surface area contributed by atoms with Crippen LogP contribution in [0.5, 0.6) is 0 Å². The SMILES string of the molecule is CCCCCCC/C=C\C/C=C\CCCCCCCCCCCCCCCCCCCCCC(=O)NC(CO)C(O)CCCCCCCCCCCCCCCCCCCCCCCCCCCCCCCCC. The third-order valence-electron chi connectivity index (χ3n) is 16.5. The minimum Gasteiger partial charge on any atom is -0.394 e. The van der Waals surface area contributed by atoms with E-state index in [1.807, 2.05) is 0 Å². The van der Waals surface area contributed by atoms with Gasteiger partial charge in [-0.3, -0.25) is 4.79 Å². The fraction of sp³-hybridized carbons (Fsp3) is 0.929. The monoisotopic (exact) mass is 1040 g/mol. The van der Waals surface area contributed by atoms with Crippen LogP contribution >= 0.6 is 0 Å². The molecule has 0 aliphatic heterocycles. The minimum atomic E-state index is -0.659. The summed E-state index contributed by atoms with van der Waals surface area (Å²) in [4.78, 5) is 12.6. The first-order valence-corrected chi connectivity index (χ1v) is 34.5. The van der Waals surface area contributed by atoms with Crippen molar-refractivity contribution in [1.82, 2.24) is 5.32 Å². The maximum absolute atomic E-state index is 12.6. The summed E-state index contributed by atoms with van der Waals surface area (Å²) in [6.45, 7) is 4.40. The molecule has 2 unspecified atom stereocenters. The van der Waals surface area contributed by atoms with Crippen LogP contribution in [0.3, 0.4) is 0 Å². The van der Waals surface area contributed by atoms with Crippen molar-refractivity contribution < 1.29 is 15.0 Å². The van der Waals surface area contributed by atoms with Gasteiger partial charge < -0.3 is 15.5 Å². The van der Waals surface area contributed by atoms with E-state index in [1.165, 1.54) is 340 Å². The van der Waals surface area contributed by atoms with Gasteiger partial charge in [-0.25, -0.2) is 0 Å². The van der Waals surface area contributed by atoms with E-state index in [-0.39, 0.29) is 12.5 Å². The van der Waals surface area contributed by atoms with Gasteiger partial charge >= 0.3 is 0 Å². The molecule has 2 atom stereocenters. The molecule has 4 nitrogen and oxygen atoms in total. The van der Waals surface area contributed by atoms with Gasteiger partial charge in [0.2, 0.25) is 5.91 Å². The van der Waals surface area contributed by atoms with Crippen LogP contribution in [-0.4, -0.2) is 34.9 Å². The number of carbonyl (C=O) groups is 1. The molecule has 0 bridgehead atoms. The number of amides is 1. The van der Waals surface area contributed by atoms with Crippen LogP contribution in [0.25, 0.3) is 0 Å². The second-order valence-corrected chi connectivity index (χ2v) is 24.0. The van der Waals surface area contributed by atoms with E-state index in [0.717, 1.165) is 32.1 Å². The molecule has 0 heterocycles. The zero-order valence-electron chi connectivity index (χ0n) is 50.9. The van der Waals surface area contributed by atoms with Crippen molar-refractivity contribution in [2.75, 3.05) is 6.61 Å². The van der Waals surface area contributed by atoms with Crippen molar-refractivity contribution in [2.45, 2.75) is 411 Å². The van der Waals surface area contributed by atoms with Crippen LogP contribution in [0, 0.1) is 0 Å². The molecule has 0 aromatic heterocycles. The van der Waals surface area contributed by atoms with Crippen molar-refractivity contribution in [3.63, 3.8) is 0 Å². The summed E-state index contributed by atoms with van der Waals surface area (Å²) >= 11 is 0. The number of aliphatic hydroxyl groups excluding tert-OH is 2. The van der Waals surface area contributed by atoms with Gasteiger partial charge in [0.15, 0.2) is 0 Å². The van der Waals surface area contributed by atoms with Gasteiger partial charge in [0.05, 0.1) is 18.8 Å². The predicted octanol–water partition coefficient (Wildman–Crippen LogP) is 23.4. The Hall–Kier alpha value is -1.13. The maximum atomic E-state index is 12.6. The number of hydrogen-bond acceptors (Lipinski definition) is 3. The van der Waals surface area contributed by atoms with Gasteiger partial charge in [-0.05, 0) is 44.9 Å². The van der Waals surface area contributed by atoms with Gasteiger partial charge in [-0.1, -0.05) is 372 Å². The van der Waals surface area contributed by atoms with Crippen LogP contribution in [0.1, 0.15) is 399 Å². The summed E-state index contributed by atoms with van der Waals surface area (Å²) in [5.74, 6) is -0.0223. The van der Waals surface area contributed by atoms with E-state index < -0.39 is 12.1 Å². The number of allylic oxidation sites excluding steroid dienone is 4. The first-order valence-electron chi connectivity index (χ1n) is 34.5. The molecule has 0 rings (SSSR count). The minimum absolute atomic E-state index is 0.0223. The predicted molar refractivity (Wildman–Crippen MR) is 332 cm³/mol. The molecule has 0 aliphatic rings. The van der Waals surface area contributed by atoms with Crippen LogP contribution in [-0.2, 0) is 4.79 Å². The number of hydrogen-bond donors (Lipinski definition) is 3. The highest BCUT2D eigenvalue weighted by atomic mass is 16.3. The zero-order valence-corrected chi connectivity index (χ0v) is 50.9. The summed E-state index contributed by atoms with van der Waals surface area (Å²) in [5, 5.41) is 23.5. The molecule has 0 radical (unpaired) electrons. The molecule has 0 spiro atoms. The lowest BCUT2D eigenvalue weighted by Gasteiger charge is -2.22. The lowest BCUT2D eigenvalue weighted by Crippen LogP contribution is -2.45. The standard InChI is InChI=1S/C70H137NO3/c1-3-5-7-9-11-13-15-17-19-21-23-25-27-29-31-33-35-37-39-41-43-45-47-49-51-53-55-57-59-61-63-65-69(73)68(67-72)71-70(74)66-64-62-60-58-56-54-52-50-48-46-44-42-40-38-36-34-32-30-28-26-24-22-20-18-16-14-12-10-8-6-4-2/h16,18,22,24,68-69,72-73H,3-15,17,19-21,23,25-67H2,1-2H3,(H,71,74)/b18-16-,24-22-. The van der Waals surface area contributed by atoms with Crippen molar-refractivity contribution >= 4 is 5.91 Å². The van der Waals surface area contributed by atoms with Crippen molar-refractivity contribution in [3.05, 3.63) is 24.3 Å². The second-order valence-electron chi connectivity index (χ2n) is 24.0. The second kappa shape index (κ2) is 66.2. The largest absolute Gasteiger partial charge is 0.394 e. The normalized spacial score (nSPS) is 12.8. The molecule has 1 amide bonds. The van der Waals surface area contributed by atoms with Crippen LogP contribution in [0.2, 0.25) is 0 Å². The molecule has 0 aromatic rings. The van der Waals surface area contributed by atoms with E-state index in [9.17, 15) is 15.0 Å². The highest BCUT2D eigenvalue weighted by Gasteiger charge is 2.20. The Kier molecular flexibility index (Phi) is 65.1. The molecule has 74 heavy (non-hydrogen) atoms. The van der Waals surface area contributed by atoms with Crippen molar-refractivity contribution in [2.24, 2.45) is 0 Å². The van der Waals surface area contributed by atoms with Gasteiger partial charge in [-0.2, -0.15) is 0 Å².